The molecule has 0 atom stereocenters. The standard InChI is InChI=1S/C15H15FN4O3.ClH/c16-14-10-3-5-17-7-9(10)1-2-11(14)18-13(22)8-20-6-4-12(21)19-15(20)23;/h1-2,4,6,17H,3,5,7-8H2,(H,18,22)(H,19,21,23);1H. The van der Waals surface area contributed by atoms with Gasteiger partial charge in [0.1, 0.15) is 12.4 Å². The Hall–Kier alpha value is -2.45. The molecule has 0 radical (unpaired) electrons. The molecule has 128 valence electrons. The first-order valence-electron chi connectivity index (χ1n) is 7.15. The molecule has 1 amide bonds. The van der Waals surface area contributed by atoms with Gasteiger partial charge in [-0.25, -0.2) is 9.18 Å². The van der Waals surface area contributed by atoms with E-state index in [1.54, 1.807) is 6.07 Å². The lowest BCUT2D eigenvalue weighted by molar-refractivity contribution is -0.116. The molecular formula is C15H16ClFN4O3. The summed E-state index contributed by atoms with van der Waals surface area (Å²) in [4.78, 5) is 36.6. The molecule has 0 fully saturated rings. The molecule has 3 rings (SSSR count). The first kappa shape index (κ1) is 17.9. The van der Waals surface area contributed by atoms with E-state index in [0.29, 0.717) is 25.1 Å². The van der Waals surface area contributed by atoms with Crippen LogP contribution in [0.4, 0.5) is 10.1 Å². The molecule has 0 aliphatic carbocycles. The summed E-state index contributed by atoms with van der Waals surface area (Å²) in [6.07, 6.45) is 1.78. The van der Waals surface area contributed by atoms with Crippen LogP contribution < -0.4 is 21.9 Å². The summed E-state index contributed by atoms with van der Waals surface area (Å²) in [5.41, 5.74) is 0.338. The van der Waals surface area contributed by atoms with Gasteiger partial charge in [-0.2, -0.15) is 0 Å². The number of amides is 1. The molecule has 1 aromatic carbocycles. The number of aromatic nitrogens is 2. The Labute approximate surface area is 142 Å². The highest BCUT2D eigenvalue weighted by Crippen LogP contribution is 2.24. The Morgan fingerprint density at radius 1 is 1.29 bits per heavy atom. The largest absolute Gasteiger partial charge is 0.328 e. The van der Waals surface area contributed by atoms with Gasteiger partial charge in [-0.3, -0.25) is 19.1 Å². The van der Waals surface area contributed by atoms with Crippen LogP contribution in [0.2, 0.25) is 0 Å². The maximum Gasteiger partial charge on any atom is 0.328 e. The van der Waals surface area contributed by atoms with Gasteiger partial charge in [0.2, 0.25) is 5.91 Å². The van der Waals surface area contributed by atoms with Crippen LogP contribution in [-0.4, -0.2) is 22.0 Å². The molecule has 2 aromatic rings. The second-order valence-electron chi connectivity index (χ2n) is 5.28. The fraction of sp³-hybridized carbons (Fsp3) is 0.267. The van der Waals surface area contributed by atoms with Gasteiger partial charge in [-0.15, -0.1) is 12.4 Å². The molecule has 1 aliphatic rings. The lowest BCUT2D eigenvalue weighted by Crippen LogP contribution is -2.32. The van der Waals surface area contributed by atoms with Crippen molar-refractivity contribution in [1.82, 2.24) is 14.9 Å². The average Bonchev–Trinajstić information content (AvgIpc) is 2.53. The normalized spacial score (nSPS) is 12.9. The number of anilines is 1. The van der Waals surface area contributed by atoms with Crippen LogP contribution in [-0.2, 0) is 24.3 Å². The summed E-state index contributed by atoms with van der Waals surface area (Å²) in [5.74, 6) is -0.988. The van der Waals surface area contributed by atoms with Crippen molar-refractivity contribution in [2.45, 2.75) is 19.5 Å². The second-order valence-corrected chi connectivity index (χ2v) is 5.28. The Morgan fingerprint density at radius 3 is 2.83 bits per heavy atom. The van der Waals surface area contributed by atoms with E-state index in [0.717, 1.165) is 16.2 Å². The third-order valence-electron chi connectivity index (χ3n) is 3.69. The maximum atomic E-state index is 14.4. The third kappa shape index (κ3) is 3.72. The highest BCUT2D eigenvalue weighted by Gasteiger charge is 2.17. The smallest absolute Gasteiger partial charge is 0.322 e. The van der Waals surface area contributed by atoms with Crippen LogP contribution in [0.15, 0.2) is 34.0 Å². The van der Waals surface area contributed by atoms with Crippen molar-refractivity contribution in [3.8, 4) is 0 Å². The Morgan fingerprint density at radius 2 is 2.08 bits per heavy atom. The minimum absolute atomic E-state index is 0. The van der Waals surface area contributed by atoms with Gasteiger partial charge in [0.15, 0.2) is 0 Å². The van der Waals surface area contributed by atoms with E-state index in [2.05, 4.69) is 15.6 Å². The number of benzene rings is 1. The molecule has 7 nitrogen and oxygen atoms in total. The number of hydrogen-bond donors (Lipinski definition) is 3. The summed E-state index contributed by atoms with van der Waals surface area (Å²) in [7, 11) is 0. The molecule has 2 heterocycles. The summed E-state index contributed by atoms with van der Waals surface area (Å²) >= 11 is 0. The SMILES string of the molecule is Cl.O=C(Cn1ccc(=O)[nH]c1=O)Nc1ccc2c(c1F)CCNC2. The number of fused-ring (bicyclic) bond motifs is 1. The van der Waals surface area contributed by atoms with Gasteiger partial charge in [0.25, 0.3) is 5.56 Å². The van der Waals surface area contributed by atoms with Crippen LogP contribution in [0, 0.1) is 5.82 Å². The summed E-state index contributed by atoms with van der Waals surface area (Å²) in [6.45, 7) is 0.981. The summed E-state index contributed by atoms with van der Waals surface area (Å²) < 4.78 is 15.5. The number of halogens is 2. The van der Waals surface area contributed by atoms with Crippen molar-refractivity contribution in [2.75, 3.05) is 11.9 Å². The van der Waals surface area contributed by atoms with Crippen LogP contribution in [0.25, 0.3) is 0 Å². The summed E-state index contributed by atoms with van der Waals surface area (Å²) in [5, 5.41) is 5.62. The Bertz CT molecular complexity index is 878. The molecule has 9 heteroatoms. The number of nitrogens with one attached hydrogen (secondary N) is 3. The van der Waals surface area contributed by atoms with Gasteiger partial charge in [-0.1, -0.05) is 6.07 Å². The molecule has 3 N–H and O–H groups in total. The van der Waals surface area contributed by atoms with Crippen molar-refractivity contribution in [2.24, 2.45) is 0 Å². The lowest BCUT2D eigenvalue weighted by Gasteiger charge is -2.19. The van der Waals surface area contributed by atoms with E-state index in [1.165, 1.54) is 12.3 Å². The van der Waals surface area contributed by atoms with Crippen LogP contribution >= 0.6 is 12.4 Å². The van der Waals surface area contributed by atoms with E-state index in [-0.39, 0.29) is 24.6 Å². The van der Waals surface area contributed by atoms with Gasteiger partial charge < -0.3 is 10.6 Å². The summed E-state index contributed by atoms with van der Waals surface area (Å²) in [6, 6.07) is 4.42. The first-order chi connectivity index (χ1) is 11.0. The monoisotopic (exact) mass is 354 g/mol. The zero-order valence-electron chi connectivity index (χ0n) is 12.6. The van der Waals surface area contributed by atoms with Gasteiger partial charge in [0, 0.05) is 18.8 Å². The third-order valence-corrected chi connectivity index (χ3v) is 3.69. The number of hydrogen-bond acceptors (Lipinski definition) is 4. The first-order valence-corrected chi connectivity index (χ1v) is 7.15. The van der Waals surface area contributed by atoms with Crippen LogP contribution in [0.1, 0.15) is 11.1 Å². The van der Waals surface area contributed by atoms with Crippen molar-refractivity contribution in [3.63, 3.8) is 0 Å². The highest BCUT2D eigenvalue weighted by atomic mass is 35.5. The second kappa shape index (κ2) is 7.41. The van der Waals surface area contributed by atoms with Crippen molar-refractivity contribution < 1.29 is 9.18 Å². The fourth-order valence-electron chi connectivity index (χ4n) is 2.54. The number of H-pyrrole nitrogens is 1. The maximum absolute atomic E-state index is 14.4. The van der Waals surface area contributed by atoms with Gasteiger partial charge in [-0.05, 0) is 30.2 Å². The Kier molecular flexibility index (Phi) is 5.53. The zero-order valence-corrected chi connectivity index (χ0v) is 13.4. The van der Waals surface area contributed by atoms with Crippen LogP contribution in [0.5, 0.6) is 0 Å². The van der Waals surface area contributed by atoms with Crippen molar-refractivity contribution in [1.29, 1.82) is 0 Å². The number of rotatable bonds is 3. The molecule has 0 unspecified atom stereocenters. The minimum Gasteiger partial charge on any atom is -0.322 e. The zero-order chi connectivity index (χ0) is 16.4. The number of carbonyl (C=O) groups excluding carboxylic acids is 1. The predicted molar refractivity (Wildman–Crippen MR) is 89.0 cm³/mol. The molecular weight excluding hydrogens is 339 g/mol. The molecule has 0 saturated carbocycles. The van der Waals surface area contributed by atoms with E-state index in [4.69, 9.17) is 0 Å². The molecule has 0 spiro atoms. The molecule has 24 heavy (non-hydrogen) atoms. The topological polar surface area (TPSA) is 96.0 Å². The van der Waals surface area contributed by atoms with E-state index < -0.39 is 23.0 Å². The molecule has 0 saturated heterocycles. The Balaban J connectivity index is 0.00000208. The molecule has 0 bridgehead atoms. The number of aromatic amines is 1. The van der Waals surface area contributed by atoms with Gasteiger partial charge in [0.05, 0.1) is 5.69 Å². The highest BCUT2D eigenvalue weighted by molar-refractivity contribution is 5.90. The number of carbonyl (C=O) groups is 1. The van der Waals surface area contributed by atoms with Gasteiger partial charge >= 0.3 is 5.69 Å². The quantitative estimate of drug-likeness (QED) is 0.742. The van der Waals surface area contributed by atoms with Crippen molar-refractivity contribution >= 4 is 24.0 Å². The number of nitrogens with zero attached hydrogens (tertiary/aromatic N) is 1. The molecule has 1 aliphatic heterocycles. The fourth-order valence-corrected chi connectivity index (χ4v) is 2.54. The van der Waals surface area contributed by atoms with E-state index in [9.17, 15) is 18.8 Å². The van der Waals surface area contributed by atoms with Crippen molar-refractivity contribution in [3.05, 3.63) is 62.2 Å². The van der Waals surface area contributed by atoms with E-state index in [1.807, 2.05) is 0 Å². The van der Waals surface area contributed by atoms with E-state index >= 15 is 0 Å². The average molecular weight is 355 g/mol. The molecule has 1 aromatic heterocycles. The van der Waals surface area contributed by atoms with Crippen LogP contribution in [0.3, 0.4) is 0 Å². The minimum atomic E-state index is -0.690. The lowest BCUT2D eigenvalue weighted by atomic mass is 9.99. The predicted octanol–water partition coefficient (Wildman–Crippen LogP) is 0.382.